The fourth-order valence-electron chi connectivity index (χ4n) is 7.72. The van der Waals surface area contributed by atoms with E-state index < -0.39 is 5.60 Å². The molecule has 1 heterocycles. The lowest BCUT2D eigenvalue weighted by atomic mass is 9.45. The highest BCUT2D eigenvalue weighted by molar-refractivity contribution is 5.66. The Kier molecular flexibility index (Phi) is 3.48. The maximum Gasteiger partial charge on any atom is 0.302 e. The molecule has 5 rings (SSSR count). The van der Waals surface area contributed by atoms with Crippen LogP contribution in [0.5, 0.6) is 0 Å². The summed E-state index contributed by atoms with van der Waals surface area (Å²) < 4.78 is 11.0. The van der Waals surface area contributed by atoms with Gasteiger partial charge >= 0.3 is 5.97 Å². The molecule has 0 amide bonds. The van der Waals surface area contributed by atoms with Crippen LogP contribution in [-0.4, -0.2) is 23.3 Å². The minimum Gasteiger partial charge on any atom is -0.469 e. The fraction of sp³-hybridized carbons (Fsp3) is 0.773. The molecule has 4 nitrogen and oxygen atoms in total. The van der Waals surface area contributed by atoms with E-state index in [-0.39, 0.29) is 23.9 Å². The number of aryl methyl sites for hydroxylation is 1. The molecule has 1 aromatic rings. The van der Waals surface area contributed by atoms with E-state index in [9.17, 15) is 9.90 Å². The minimum atomic E-state index is -0.820. The SMILES string of the molecule is CC(=O)OC[C@]1(O)C[C@@]23CC[C@@H]4c5ccoc5CC[C@]4(C)[C@H]2CC[C@@H]1C3. The molecule has 1 spiro atoms. The number of hydrogen-bond acceptors (Lipinski definition) is 4. The number of carbonyl (C=O) groups excluding carboxylic acids is 1. The number of fused-ring (bicyclic) bond motifs is 5. The molecule has 0 aliphatic heterocycles. The van der Waals surface area contributed by atoms with Gasteiger partial charge in [0.05, 0.1) is 6.26 Å². The van der Waals surface area contributed by atoms with Crippen molar-refractivity contribution in [3.05, 3.63) is 23.7 Å². The second-order valence-electron chi connectivity index (χ2n) is 9.85. The standard InChI is InChI=1S/C22H30O4/c1-14(23)26-13-22(24)12-21-9-5-17-16-7-10-25-18(16)6-8-20(17,2)19(21)4-3-15(22)11-21/h7,10,15,17,19,24H,3-6,8-9,11-13H2,1-2H3/t15-,17-,19-,20+,21+,22-/m1/s1. The molecule has 1 aromatic heterocycles. The molecule has 4 aliphatic rings. The van der Waals surface area contributed by atoms with Gasteiger partial charge in [0.25, 0.3) is 0 Å². The summed E-state index contributed by atoms with van der Waals surface area (Å²) in [5.41, 5.74) is 1.15. The number of furan rings is 1. The van der Waals surface area contributed by atoms with Crippen LogP contribution in [-0.2, 0) is 16.0 Å². The first-order valence-corrected chi connectivity index (χ1v) is 10.3. The first-order valence-electron chi connectivity index (χ1n) is 10.3. The van der Waals surface area contributed by atoms with Crippen molar-refractivity contribution in [1.29, 1.82) is 0 Å². The molecule has 0 saturated heterocycles. The van der Waals surface area contributed by atoms with Crippen LogP contribution in [0.3, 0.4) is 0 Å². The molecule has 2 bridgehead atoms. The monoisotopic (exact) mass is 358 g/mol. The van der Waals surface area contributed by atoms with E-state index in [1.807, 2.05) is 6.26 Å². The third kappa shape index (κ3) is 2.14. The number of carbonyl (C=O) groups is 1. The molecule has 6 atom stereocenters. The van der Waals surface area contributed by atoms with Crippen molar-refractivity contribution in [2.24, 2.45) is 22.7 Å². The molecular weight excluding hydrogens is 328 g/mol. The van der Waals surface area contributed by atoms with E-state index >= 15 is 0 Å². The summed E-state index contributed by atoms with van der Waals surface area (Å²) in [6, 6.07) is 2.20. The molecule has 4 aliphatic carbocycles. The van der Waals surface area contributed by atoms with Gasteiger partial charge < -0.3 is 14.3 Å². The third-order valence-electron chi connectivity index (χ3n) is 8.71. The van der Waals surface area contributed by atoms with Crippen molar-refractivity contribution in [3.63, 3.8) is 0 Å². The topological polar surface area (TPSA) is 59.7 Å². The highest BCUT2D eigenvalue weighted by Crippen LogP contribution is 2.72. The number of esters is 1. The Morgan fingerprint density at radius 2 is 2.19 bits per heavy atom. The molecule has 3 saturated carbocycles. The third-order valence-corrected chi connectivity index (χ3v) is 8.71. The van der Waals surface area contributed by atoms with E-state index in [0.29, 0.717) is 17.3 Å². The second kappa shape index (κ2) is 5.37. The Balaban J connectivity index is 1.47. The van der Waals surface area contributed by atoms with Gasteiger partial charge in [-0.2, -0.15) is 0 Å². The first-order chi connectivity index (χ1) is 12.4. The number of rotatable bonds is 2. The number of ether oxygens (including phenoxy) is 1. The molecule has 0 unspecified atom stereocenters. The zero-order valence-electron chi connectivity index (χ0n) is 15.9. The first kappa shape index (κ1) is 16.9. The van der Waals surface area contributed by atoms with Crippen LogP contribution >= 0.6 is 0 Å². The van der Waals surface area contributed by atoms with E-state index in [4.69, 9.17) is 9.15 Å². The highest BCUT2D eigenvalue weighted by Gasteiger charge is 2.66. The summed E-state index contributed by atoms with van der Waals surface area (Å²) in [6.07, 6.45) is 10.7. The van der Waals surface area contributed by atoms with Crippen molar-refractivity contribution in [2.75, 3.05) is 6.61 Å². The zero-order valence-corrected chi connectivity index (χ0v) is 15.9. The molecule has 1 N–H and O–H groups in total. The van der Waals surface area contributed by atoms with Crippen molar-refractivity contribution in [3.8, 4) is 0 Å². The van der Waals surface area contributed by atoms with Gasteiger partial charge in [-0.15, -0.1) is 0 Å². The number of aliphatic hydroxyl groups is 1. The van der Waals surface area contributed by atoms with Gasteiger partial charge in [-0.1, -0.05) is 6.92 Å². The molecular formula is C22H30O4. The van der Waals surface area contributed by atoms with Crippen molar-refractivity contribution < 1.29 is 19.1 Å². The van der Waals surface area contributed by atoms with Gasteiger partial charge in [-0.05, 0) is 85.2 Å². The predicted molar refractivity (Wildman–Crippen MR) is 96.6 cm³/mol. The Bertz CT molecular complexity index is 738. The average molecular weight is 358 g/mol. The lowest BCUT2D eigenvalue weighted by Crippen LogP contribution is -2.51. The Morgan fingerprint density at radius 3 is 3.00 bits per heavy atom. The molecule has 26 heavy (non-hydrogen) atoms. The zero-order chi connectivity index (χ0) is 18.2. The fourth-order valence-corrected chi connectivity index (χ4v) is 7.72. The quantitative estimate of drug-likeness (QED) is 0.805. The van der Waals surface area contributed by atoms with E-state index in [1.54, 1.807) is 0 Å². The summed E-state index contributed by atoms with van der Waals surface area (Å²) >= 11 is 0. The maximum absolute atomic E-state index is 11.4. The molecule has 3 fully saturated rings. The van der Waals surface area contributed by atoms with Gasteiger partial charge in [0, 0.05) is 13.3 Å². The molecule has 0 radical (unpaired) electrons. The van der Waals surface area contributed by atoms with Crippen LogP contribution in [0.1, 0.15) is 76.0 Å². The van der Waals surface area contributed by atoms with Crippen LogP contribution in [0.25, 0.3) is 0 Å². The predicted octanol–water partition coefficient (Wildman–Crippen LogP) is 4.21. The lowest BCUT2D eigenvalue weighted by Gasteiger charge is -2.59. The lowest BCUT2D eigenvalue weighted by molar-refractivity contribution is -0.151. The second-order valence-corrected chi connectivity index (χ2v) is 9.85. The summed E-state index contributed by atoms with van der Waals surface area (Å²) in [5.74, 6) is 2.45. The normalized spacial score (nSPS) is 46.2. The van der Waals surface area contributed by atoms with Crippen LogP contribution in [0, 0.1) is 22.7 Å². The molecule has 4 heteroatoms. The molecule has 142 valence electrons. The summed E-state index contributed by atoms with van der Waals surface area (Å²) in [5, 5.41) is 11.4. The molecule has 0 aromatic carbocycles. The van der Waals surface area contributed by atoms with Crippen molar-refractivity contribution in [2.45, 2.75) is 76.7 Å². The van der Waals surface area contributed by atoms with Gasteiger partial charge in [0.2, 0.25) is 0 Å². The van der Waals surface area contributed by atoms with Crippen LogP contribution < -0.4 is 0 Å². The summed E-state index contributed by atoms with van der Waals surface area (Å²) in [4.78, 5) is 11.3. The van der Waals surface area contributed by atoms with Crippen molar-refractivity contribution in [1.82, 2.24) is 0 Å². The minimum absolute atomic E-state index is 0.174. The largest absolute Gasteiger partial charge is 0.469 e. The van der Waals surface area contributed by atoms with E-state index in [2.05, 4.69) is 13.0 Å². The Morgan fingerprint density at radius 1 is 1.35 bits per heavy atom. The summed E-state index contributed by atoms with van der Waals surface area (Å²) in [6.45, 7) is 4.11. The van der Waals surface area contributed by atoms with Gasteiger partial charge in [-0.25, -0.2) is 0 Å². The maximum atomic E-state index is 11.4. The van der Waals surface area contributed by atoms with Gasteiger partial charge in [-0.3, -0.25) is 4.79 Å². The van der Waals surface area contributed by atoms with Crippen molar-refractivity contribution >= 4 is 5.97 Å². The Labute approximate surface area is 155 Å². The summed E-state index contributed by atoms with van der Waals surface area (Å²) in [7, 11) is 0. The van der Waals surface area contributed by atoms with Gasteiger partial charge in [0.1, 0.15) is 18.0 Å². The van der Waals surface area contributed by atoms with Crippen LogP contribution in [0.4, 0.5) is 0 Å². The Hall–Kier alpha value is -1.29. The van der Waals surface area contributed by atoms with E-state index in [1.165, 1.54) is 43.9 Å². The van der Waals surface area contributed by atoms with Gasteiger partial charge in [0.15, 0.2) is 0 Å². The average Bonchev–Trinajstić information content (AvgIpc) is 3.14. The van der Waals surface area contributed by atoms with Crippen LogP contribution in [0.15, 0.2) is 16.7 Å². The smallest absolute Gasteiger partial charge is 0.302 e. The number of hydrogen-bond donors (Lipinski definition) is 1. The highest BCUT2D eigenvalue weighted by atomic mass is 16.5. The van der Waals surface area contributed by atoms with E-state index in [0.717, 1.165) is 25.7 Å². The van der Waals surface area contributed by atoms with Crippen LogP contribution in [0.2, 0.25) is 0 Å².